The van der Waals surface area contributed by atoms with Gasteiger partial charge in [0.2, 0.25) is 0 Å². The van der Waals surface area contributed by atoms with E-state index in [0.717, 1.165) is 0 Å². The van der Waals surface area contributed by atoms with Gasteiger partial charge in [0.15, 0.2) is 0 Å². The lowest BCUT2D eigenvalue weighted by Gasteiger charge is -2.23. The van der Waals surface area contributed by atoms with Gasteiger partial charge in [0.05, 0.1) is 5.94 Å². The molecule has 0 spiro atoms. The van der Waals surface area contributed by atoms with Gasteiger partial charge in [-0.3, -0.25) is 0 Å². The molecular weight excluding hydrogens is 180 g/mol. The fourth-order valence-corrected chi connectivity index (χ4v) is 2.70. The van der Waals surface area contributed by atoms with Crippen molar-refractivity contribution in [3.8, 4) is 0 Å². The fraction of sp³-hybridized carbons (Fsp3) is 0.667. The molecule has 11 heavy (non-hydrogen) atoms. The van der Waals surface area contributed by atoms with Gasteiger partial charge in [-0.2, -0.15) is 12.6 Å². The van der Waals surface area contributed by atoms with Crippen LogP contribution in [0, 0.1) is 0 Å². The van der Waals surface area contributed by atoms with Crippen LogP contribution in [0.1, 0.15) is 0 Å². The third kappa shape index (κ3) is 3.39. The Morgan fingerprint density at radius 2 is 2.00 bits per heavy atom. The summed E-state index contributed by atoms with van der Waals surface area (Å²) in [5.41, 5.74) is 0. The SMILES string of the molecule is C=CC[Si](OC)(OC)OCS. The van der Waals surface area contributed by atoms with Gasteiger partial charge in [0.1, 0.15) is 0 Å². The van der Waals surface area contributed by atoms with Crippen LogP contribution in [0.2, 0.25) is 6.04 Å². The summed E-state index contributed by atoms with van der Waals surface area (Å²) < 4.78 is 15.5. The number of hydrogen-bond acceptors (Lipinski definition) is 4. The Labute approximate surface area is 74.1 Å². The van der Waals surface area contributed by atoms with Crippen molar-refractivity contribution in [2.75, 3.05) is 20.2 Å². The Bertz CT molecular complexity index is 116. The van der Waals surface area contributed by atoms with Crippen LogP contribution in [0.25, 0.3) is 0 Å². The van der Waals surface area contributed by atoms with Gasteiger partial charge in [0, 0.05) is 20.3 Å². The minimum absolute atomic E-state index is 0.307. The number of allylic oxidation sites excluding steroid dienone is 1. The topological polar surface area (TPSA) is 27.7 Å². The van der Waals surface area contributed by atoms with E-state index in [1.165, 1.54) is 0 Å². The maximum Gasteiger partial charge on any atom is 0.505 e. The van der Waals surface area contributed by atoms with Crippen LogP contribution in [0.3, 0.4) is 0 Å². The molecule has 0 aliphatic carbocycles. The first-order chi connectivity index (χ1) is 5.24. The summed E-state index contributed by atoms with van der Waals surface area (Å²) in [4.78, 5) is 0. The summed E-state index contributed by atoms with van der Waals surface area (Å²) in [6, 6.07) is 0.612. The average molecular weight is 194 g/mol. The quantitative estimate of drug-likeness (QED) is 0.299. The van der Waals surface area contributed by atoms with Gasteiger partial charge in [-0.15, -0.1) is 6.58 Å². The molecule has 0 aliphatic rings. The Kier molecular flexibility index (Phi) is 5.89. The predicted molar refractivity (Wildman–Crippen MR) is 49.7 cm³/mol. The standard InChI is InChI=1S/C6H14O3SSi/c1-4-5-11(7-2,8-3)9-6-10/h4,10H,1,5-6H2,2-3H3. The molecular formula is C6H14O3SSi. The van der Waals surface area contributed by atoms with Crippen molar-refractivity contribution in [2.24, 2.45) is 0 Å². The Morgan fingerprint density at radius 1 is 1.45 bits per heavy atom. The molecule has 0 N–H and O–H groups in total. The second-order valence-corrected chi connectivity index (χ2v) is 5.00. The van der Waals surface area contributed by atoms with E-state index in [4.69, 9.17) is 13.3 Å². The third-order valence-corrected chi connectivity index (χ3v) is 4.29. The lowest BCUT2D eigenvalue weighted by molar-refractivity contribution is 0.122. The van der Waals surface area contributed by atoms with Crippen LogP contribution in [0.4, 0.5) is 0 Å². The van der Waals surface area contributed by atoms with Crippen LogP contribution in [0.5, 0.6) is 0 Å². The molecule has 0 aromatic carbocycles. The molecule has 0 radical (unpaired) electrons. The van der Waals surface area contributed by atoms with Gasteiger partial charge in [-0.1, -0.05) is 6.08 Å². The summed E-state index contributed by atoms with van der Waals surface area (Å²) in [5.74, 6) is 0.307. The highest BCUT2D eigenvalue weighted by atomic mass is 32.1. The van der Waals surface area contributed by atoms with Crippen molar-refractivity contribution in [1.82, 2.24) is 0 Å². The predicted octanol–water partition coefficient (Wildman–Crippen LogP) is 1.31. The monoisotopic (exact) mass is 194 g/mol. The molecule has 0 saturated heterocycles. The summed E-state index contributed by atoms with van der Waals surface area (Å²) in [6.45, 7) is 3.59. The number of hydrogen-bond donors (Lipinski definition) is 1. The average Bonchev–Trinajstić information content (AvgIpc) is 2.04. The molecule has 3 nitrogen and oxygen atoms in total. The van der Waals surface area contributed by atoms with E-state index in [2.05, 4.69) is 19.2 Å². The van der Waals surface area contributed by atoms with Gasteiger partial charge in [-0.25, -0.2) is 0 Å². The molecule has 0 bridgehead atoms. The van der Waals surface area contributed by atoms with Gasteiger partial charge in [-0.05, 0) is 0 Å². The highest BCUT2D eigenvalue weighted by molar-refractivity contribution is 7.80. The molecule has 0 fully saturated rings. The normalized spacial score (nSPS) is 11.5. The van der Waals surface area contributed by atoms with Crippen LogP contribution in [-0.4, -0.2) is 29.0 Å². The number of thiol groups is 1. The molecule has 0 unspecified atom stereocenters. The fourth-order valence-electron chi connectivity index (χ4n) is 0.702. The summed E-state index contributed by atoms with van der Waals surface area (Å²) in [7, 11) is 0.706. The van der Waals surface area contributed by atoms with Crippen molar-refractivity contribution in [3.05, 3.63) is 12.7 Å². The highest BCUT2D eigenvalue weighted by Gasteiger charge is 2.36. The molecule has 66 valence electrons. The summed E-state index contributed by atoms with van der Waals surface area (Å²) in [6.07, 6.45) is 1.72. The zero-order valence-corrected chi connectivity index (χ0v) is 8.77. The third-order valence-electron chi connectivity index (χ3n) is 1.30. The lowest BCUT2D eigenvalue weighted by Crippen LogP contribution is -2.42. The van der Waals surface area contributed by atoms with Crippen molar-refractivity contribution in [3.63, 3.8) is 0 Å². The van der Waals surface area contributed by atoms with E-state index < -0.39 is 8.80 Å². The molecule has 0 atom stereocenters. The smallest absolute Gasteiger partial charge is 0.377 e. The Balaban J connectivity index is 4.06. The van der Waals surface area contributed by atoms with Crippen molar-refractivity contribution >= 4 is 21.4 Å². The van der Waals surface area contributed by atoms with E-state index in [1.807, 2.05) is 0 Å². The van der Waals surface area contributed by atoms with Gasteiger partial charge < -0.3 is 13.3 Å². The second kappa shape index (κ2) is 5.79. The van der Waals surface area contributed by atoms with Crippen LogP contribution in [0.15, 0.2) is 12.7 Å². The maximum atomic E-state index is 5.26. The zero-order chi connectivity index (χ0) is 8.74. The van der Waals surface area contributed by atoms with Crippen LogP contribution >= 0.6 is 12.6 Å². The zero-order valence-electron chi connectivity index (χ0n) is 6.87. The highest BCUT2D eigenvalue weighted by Crippen LogP contribution is 2.13. The van der Waals surface area contributed by atoms with E-state index in [9.17, 15) is 0 Å². The second-order valence-electron chi connectivity index (χ2n) is 1.86. The molecule has 5 heteroatoms. The first kappa shape index (κ1) is 11.2. The van der Waals surface area contributed by atoms with E-state index >= 15 is 0 Å². The molecule has 0 rings (SSSR count). The molecule has 0 aromatic heterocycles. The van der Waals surface area contributed by atoms with Gasteiger partial charge in [0.25, 0.3) is 0 Å². The molecule has 0 saturated carbocycles. The largest absolute Gasteiger partial charge is 0.505 e. The van der Waals surface area contributed by atoms with Gasteiger partial charge >= 0.3 is 8.80 Å². The minimum Gasteiger partial charge on any atom is -0.377 e. The van der Waals surface area contributed by atoms with E-state index in [1.54, 1.807) is 20.3 Å². The molecule has 0 aromatic rings. The molecule has 0 heterocycles. The van der Waals surface area contributed by atoms with Crippen LogP contribution in [-0.2, 0) is 13.3 Å². The lowest BCUT2D eigenvalue weighted by atomic mass is 10.8. The van der Waals surface area contributed by atoms with Crippen LogP contribution < -0.4 is 0 Å². The molecule has 0 aliphatic heterocycles. The maximum absolute atomic E-state index is 5.26. The van der Waals surface area contributed by atoms with Crippen molar-refractivity contribution < 1.29 is 13.3 Å². The summed E-state index contributed by atoms with van der Waals surface area (Å²) in [5, 5.41) is 0. The molecule has 0 amide bonds. The van der Waals surface area contributed by atoms with Crippen molar-refractivity contribution in [1.29, 1.82) is 0 Å². The Morgan fingerprint density at radius 3 is 2.27 bits per heavy atom. The van der Waals surface area contributed by atoms with E-state index in [-0.39, 0.29) is 0 Å². The first-order valence-corrected chi connectivity index (χ1v) is 5.77. The van der Waals surface area contributed by atoms with Crippen molar-refractivity contribution in [2.45, 2.75) is 6.04 Å². The Hall–Kier alpha value is 0.187. The number of rotatable bonds is 6. The summed E-state index contributed by atoms with van der Waals surface area (Å²) >= 11 is 3.93. The minimum atomic E-state index is -2.44. The van der Waals surface area contributed by atoms with E-state index in [0.29, 0.717) is 12.0 Å². The first-order valence-electron chi connectivity index (χ1n) is 3.20.